The van der Waals surface area contributed by atoms with E-state index in [1.807, 2.05) is 4.90 Å². The highest BCUT2D eigenvalue weighted by molar-refractivity contribution is 6.09. The zero-order valence-corrected chi connectivity index (χ0v) is 14.7. The third kappa shape index (κ3) is 3.15. The van der Waals surface area contributed by atoms with Gasteiger partial charge in [0.25, 0.3) is 5.91 Å². The van der Waals surface area contributed by atoms with E-state index in [-0.39, 0.29) is 30.4 Å². The molecular formula is C18H29N3O3. The first kappa shape index (κ1) is 17.2. The van der Waals surface area contributed by atoms with Gasteiger partial charge in [-0.15, -0.1) is 0 Å². The Bertz CT molecular complexity index is 512. The van der Waals surface area contributed by atoms with Gasteiger partial charge in [0.05, 0.1) is 0 Å². The molecule has 24 heavy (non-hydrogen) atoms. The molecule has 1 spiro atoms. The number of imide groups is 1. The molecular weight excluding hydrogens is 306 g/mol. The van der Waals surface area contributed by atoms with Crippen molar-refractivity contribution in [1.82, 2.24) is 15.1 Å². The Morgan fingerprint density at radius 3 is 2.50 bits per heavy atom. The zero-order valence-electron chi connectivity index (χ0n) is 14.7. The third-order valence-corrected chi connectivity index (χ3v) is 5.92. The van der Waals surface area contributed by atoms with Gasteiger partial charge in [0, 0.05) is 12.6 Å². The van der Waals surface area contributed by atoms with Gasteiger partial charge in [0.1, 0.15) is 12.1 Å². The van der Waals surface area contributed by atoms with E-state index < -0.39 is 5.54 Å². The Morgan fingerprint density at radius 1 is 1.12 bits per heavy atom. The minimum Gasteiger partial charge on any atom is -0.338 e. The molecule has 0 radical (unpaired) electrons. The molecule has 1 aliphatic carbocycles. The highest BCUT2D eigenvalue weighted by Gasteiger charge is 2.51. The minimum absolute atomic E-state index is 0.0873. The van der Waals surface area contributed by atoms with Crippen LogP contribution in [-0.4, -0.2) is 52.3 Å². The molecule has 0 bridgehead atoms. The van der Waals surface area contributed by atoms with Gasteiger partial charge in [-0.25, -0.2) is 4.79 Å². The van der Waals surface area contributed by atoms with Gasteiger partial charge in [0.15, 0.2) is 0 Å². The third-order valence-electron chi connectivity index (χ3n) is 5.92. The van der Waals surface area contributed by atoms with Crippen LogP contribution in [0.15, 0.2) is 0 Å². The van der Waals surface area contributed by atoms with Crippen molar-refractivity contribution in [3.63, 3.8) is 0 Å². The maximum Gasteiger partial charge on any atom is 0.325 e. The molecule has 2 heterocycles. The molecule has 2 aliphatic heterocycles. The minimum atomic E-state index is -0.750. The van der Waals surface area contributed by atoms with E-state index in [0.29, 0.717) is 12.8 Å². The number of hydrogen-bond donors (Lipinski definition) is 1. The van der Waals surface area contributed by atoms with E-state index in [4.69, 9.17) is 0 Å². The van der Waals surface area contributed by atoms with E-state index in [1.165, 1.54) is 0 Å². The SMILES string of the molecule is CC[C@@H]1CCCCN1C(=O)CN1C(=O)NC2(CCCCCC2)C1=O. The number of nitrogens with zero attached hydrogens (tertiary/aromatic N) is 2. The first-order valence-electron chi connectivity index (χ1n) is 9.51. The summed E-state index contributed by atoms with van der Waals surface area (Å²) in [6.07, 6.45) is 9.62. The number of nitrogens with one attached hydrogen (secondary N) is 1. The van der Waals surface area contributed by atoms with Crippen LogP contribution in [0, 0.1) is 0 Å². The Morgan fingerprint density at radius 2 is 1.83 bits per heavy atom. The fourth-order valence-electron chi connectivity index (χ4n) is 4.47. The molecule has 1 saturated carbocycles. The lowest BCUT2D eigenvalue weighted by Gasteiger charge is -2.36. The van der Waals surface area contributed by atoms with Crippen molar-refractivity contribution in [3.05, 3.63) is 0 Å². The molecule has 6 heteroatoms. The fraction of sp³-hybridized carbons (Fsp3) is 0.833. The molecule has 0 aromatic rings. The average molecular weight is 335 g/mol. The molecule has 3 rings (SSSR count). The summed E-state index contributed by atoms with van der Waals surface area (Å²) < 4.78 is 0. The molecule has 3 fully saturated rings. The monoisotopic (exact) mass is 335 g/mol. The highest BCUT2D eigenvalue weighted by atomic mass is 16.2. The molecule has 1 atom stereocenters. The summed E-state index contributed by atoms with van der Waals surface area (Å²) in [5.74, 6) is -0.275. The summed E-state index contributed by atoms with van der Waals surface area (Å²) >= 11 is 0. The van der Waals surface area contributed by atoms with E-state index in [0.717, 1.165) is 62.8 Å². The van der Waals surface area contributed by atoms with Crippen molar-refractivity contribution in [1.29, 1.82) is 0 Å². The second-order valence-corrected chi connectivity index (χ2v) is 7.46. The number of carbonyl (C=O) groups is 3. The number of likely N-dealkylation sites (tertiary alicyclic amines) is 1. The summed E-state index contributed by atoms with van der Waals surface area (Å²) in [6, 6.07) is -0.140. The molecule has 0 unspecified atom stereocenters. The Hall–Kier alpha value is -1.59. The van der Waals surface area contributed by atoms with Crippen molar-refractivity contribution >= 4 is 17.8 Å². The summed E-state index contributed by atoms with van der Waals surface area (Å²) in [4.78, 5) is 41.0. The summed E-state index contributed by atoms with van der Waals surface area (Å²) in [7, 11) is 0. The van der Waals surface area contributed by atoms with Crippen LogP contribution >= 0.6 is 0 Å². The van der Waals surface area contributed by atoms with Crippen LogP contribution in [0.1, 0.15) is 71.1 Å². The lowest BCUT2D eigenvalue weighted by atomic mass is 9.90. The van der Waals surface area contributed by atoms with Crippen molar-refractivity contribution in [2.75, 3.05) is 13.1 Å². The predicted molar refractivity (Wildman–Crippen MR) is 90.3 cm³/mol. The van der Waals surface area contributed by atoms with E-state index in [1.54, 1.807) is 0 Å². The first-order chi connectivity index (χ1) is 11.6. The van der Waals surface area contributed by atoms with Gasteiger partial charge < -0.3 is 10.2 Å². The Kier molecular flexibility index (Phi) is 5.11. The summed E-state index contributed by atoms with van der Waals surface area (Å²) in [5.41, 5.74) is -0.750. The second-order valence-electron chi connectivity index (χ2n) is 7.46. The fourth-order valence-corrected chi connectivity index (χ4v) is 4.47. The average Bonchev–Trinajstić information content (AvgIpc) is 2.77. The molecule has 2 saturated heterocycles. The van der Waals surface area contributed by atoms with Gasteiger partial charge in [-0.3, -0.25) is 14.5 Å². The summed E-state index contributed by atoms with van der Waals surface area (Å²) in [5, 5.41) is 2.91. The molecule has 3 aliphatic rings. The van der Waals surface area contributed by atoms with Crippen LogP contribution in [0.3, 0.4) is 0 Å². The molecule has 0 aromatic heterocycles. The van der Waals surface area contributed by atoms with Crippen LogP contribution in [0.5, 0.6) is 0 Å². The van der Waals surface area contributed by atoms with Gasteiger partial charge in [0.2, 0.25) is 5.91 Å². The lowest BCUT2D eigenvalue weighted by molar-refractivity contribution is -0.141. The van der Waals surface area contributed by atoms with Crippen molar-refractivity contribution in [2.24, 2.45) is 0 Å². The largest absolute Gasteiger partial charge is 0.338 e. The highest BCUT2D eigenvalue weighted by Crippen LogP contribution is 2.32. The van der Waals surface area contributed by atoms with Crippen molar-refractivity contribution < 1.29 is 14.4 Å². The molecule has 134 valence electrons. The second kappa shape index (κ2) is 7.11. The quantitative estimate of drug-likeness (QED) is 0.805. The number of carbonyl (C=O) groups excluding carboxylic acids is 3. The van der Waals surface area contributed by atoms with Crippen molar-refractivity contribution in [3.8, 4) is 0 Å². The summed E-state index contributed by atoms with van der Waals surface area (Å²) in [6.45, 7) is 2.72. The van der Waals surface area contributed by atoms with Gasteiger partial charge in [-0.2, -0.15) is 0 Å². The van der Waals surface area contributed by atoms with Crippen LogP contribution in [0.4, 0.5) is 4.79 Å². The number of piperidine rings is 1. The maximum absolute atomic E-state index is 12.9. The molecule has 1 N–H and O–H groups in total. The van der Waals surface area contributed by atoms with E-state index >= 15 is 0 Å². The number of urea groups is 1. The normalized spacial score (nSPS) is 27.3. The van der Waals surface area contributed by atoms with Crippen LogP contribution in [-0.2, 0) is 9.59 Å². The number of hydrogen-bond acceptors (Lipinski definition) is 3. The van der Waals surface area contributed by atoms with Crippen LogP contribution in [0.25, 0.3) is 0 Å². The Labute approximate surface area is 143 Å². The molecule has 0 aromatic carbocycles. The lowest BCUT2D eigenvalue weighted by Crippen LogP contribution is -2.50. The first-order valence-corrected chi connectivity index (χ1v) is 9.51. The van der Waals surface area contributed by atoms with Crippen molar-refractivity contribution in [2.45, 2.75) is 82.7 Å². The zero-order chi connectivity index (χ0) is 17.2. The standard InChI is InChI=1S/C18H29N3O3/c1-2-14-9-5-8-12-20(14)15(22)13-21-16(23)18(19-17(21)24)10-6-3-4-7-11-18/h14H,2-13H2,1H3,(H,19,24)/t14-/m1/s1. The predicted octanol–water partition coefficient (Wildman–Crippen LogP) is 2.42. The molecule has 4 amide bonds. The van der Waals surface area contributed by atoms with Crippen LogP contribution in [0.2, 0.25) is 0 Å². The van der Waals surface area contributed by atoms with E-state index in [2.05, 4.69) is 12.2 Å². The Balaban J connectivity index is 1.69. The number of amides is 4. The van der Waals surface area contributed by atoms with Crippen LogP contribution < -0.4 is 5.32 Å². The topological polar surface area (TPSA) is 69.7 Å². The van der Waals surface area contributed by atoms with E-state index in [9.17, 15) is 14.4 Å². The maximum atomic E-state index is 12.9. The van der Waals surface area contributed by atoms with Gasteiger partial charge >= 0.3 is 6.03 Å². The van der Waals surface area contributed by atoms with Gasteiger partial charge in [-0.1, -0.05) is 32.6 Å². The number of rotatable bonds is 3. The smallest absolute Gasteiger partial charge is 0.325 e. The van der Waals surface area contributed by atoms with Gasteiger partial charge in [-0.05, 0) is 38.5 Å². The molecule has 6 nitrogen and oxygen atoms in total.